The van der Waals surface area contributed by atoms with Crippen molar-refractivity contribution in [2.24, 2.45) is 5.73 Å². The van der Waals surface area contributed by atoms with E-state index >= 15 is 0 Å². The van der Waals surface area contributed by atoms with Gasteiger partial charge in [0.05, 0.1) is 11.4 Å². The number of benzene rings is 1. The zero-order chi connectivity index (χ0) is 15.5. The van der Waals surface area contributed by atoms with Gasteiger partial charge in [-0.25, -0.2) is 13.1 Å². The minimum absolute atomic E-state index is 0.0576. The van der Waals surface area contributed by atoms with Gasteiger partial charge in [-0.15, -0.1) is 0 Å². The molecule has 1 heterocycles. The van der Waals surface area contributed by atoms with Gasteiger partial charge in [-0.2, -0.15) is 0 Å². The summed E-state index contributed by atoms with van der Waals surface area (Å²) in [5.41, 5.74) is 6.13. The molecule has 1 aliphatic rings. The van der Waals surface area contributed by atoms with E-state index in [0.29, 0.717) is 11.4 Å². The fourth-order valence-corrected chi connectivity index (χ4v) is 4.14. The van der Waals surface area contributed by atoms with Crippen molar-refractivity contribution in [2.75, 3.05) is 19.6 Å². The molecule has 0 aliphatic carbocycles. The molecular weight excluding hydrogens is 288 g/mol. The lowest BCUT2D eigenvalue weighted by Crippen LogP contribution is -2.46. The van der Waals surface area contributed by atoms with Crippen LogP contribution in [0.5, 0.6) is 0 Å². The number of hydrogen-bond donors (Lipinski definition) is 3. The van der Waals surface area contributed by atoms with Crippen LogP contribution in [0.2, 0.25) is 0 Å². The van der Waals surface area contributed by atoms with Crippen LogP contribution < -0.4 is 10.5 Å². The molecule has 2 rings (SSSR count). The first-order chi connectivity index (χ1) is 9.88. The number of amidine groups is 1. The SMILES string of the molecule is Cc1ccccc1S(=O)(=O)NC1CCN(CC(=N)N)CC1. The van der Waals surface area contributed by atoms with Crippen LogP contribution in [0.4, 0.5) is 0 Å². The van der Waals surface area contributed by atoms with Crippen molar-refractivity contribution in [1.29, 1.82) is 5.41 Å². The van der Waals surface area contributed by atoms with Crippen LogP contribution >= 0.6 is 0 Å². The molecule has 116 valence electrons. The van der Waals surface area contributed by atoms with Crippen molar-refractivity contribution in [1.82, 2.24) is 9.62 Å². The Morgan fingerprint density at radius 3 is 2.57 bits per heavy atom. The maximum atomic E-state index is 12.4. The molecule has 0 saturated carbocycles. The smallest absolute Gasteiger partial charge is 0.241 e. The monoisotopic (exact) mass is 310 g/mol. The topological polar surface area (TPSA) is 99.3 Å². The Kier molecular flexibility index (Phi) is 4.97. The molecule has 4 N–H and O–H groups in total. The van der Waals surface area contributed by atoms with Gasteiger partial charge >= 0.3 is 0 Å². The van der Waals surface area contributed by atoms with Gasteiger partial charge in [0.1, 0.15) is 5.84 Å². The Labute approximate surface area is 125 Å². The van der Waals surface area contributed by atoms with Gasteiger partial charge in [0.15, 0.2) is 0 Å². The molecule has 1 aromatic rings. The van der Waals surface area contributed by atoms with Crippen molar-refractivity contribution in [2.45, 2.75) is 30.7 Å². The second-order valence-electron chi connectivity index (χ2n) is 5.46. The highest BCUT2D eigenvalue weighted by Gasteiger charge is 2.25. The molecule has 0 atom stereocenters. The fraction of sp³-hybridized carbons (Fsp3) is 0.500. The highest BCUT2D eigenvalue weighted by Crippen LogP contribution is 2.17. The Morgan fingerprint density at radius 1 is 1.38 bits per heavy atom. The molecule has 7 heteroatoms. The summed E-state index contributed by atoms with van der Waals surface area (Å²) in [5, 5.41) is 7.29. The van der Waals surface area contributed by atoms with E-state index in [0.717, 1.165) is 31.5 Å². The molecule has 0 aromatic heterocycles. The average molecular weight is 310 g/mol. The lowest BCUT2D eigenvalue weighted by molar-refractivity contribution is 0.231. The fourth-order valence-electron chi connectivity index (χ4n) is 2.59. The third-order valence-corrected chi connectivity index (χ3v) is 5.37. The predicted octanol–water partition coefficient (Wildman–Crippen LogP) is 0.674. The number of likely N-dealkylation sites (tertiary alicyclic amines) is 1. The summed E-state index contributed by atoms with van der Waals surface area (Å²) in [6, 6.07) is 6.93. The molecule has 0 spiro atoms. The molecule has 0 radical (unpaired) electrons. The lowest BCUT2D eigenvalue weighted by Gasteiger charge is -2.31. The maximum absolute atomic E-state index is 12.4. The Morgan fingerprint density at radius 2 is 2.00 bits per heavy atom. The molecular formula is C14H22N4O2S. The van der Waals surface area contributed by atoms with Crippen LogP contribution in [0, 0.1) is 12.3 Å². The number of sulfonamides is 1. The molecule has 1 aliphatic heterocycles. The highest BCUT2D eigenvalue weighted by molar-refractivity contribution is 7.89. The van der Waals surface area contributed by atoms with Crippen LogP contribution in [0.3, 0.4) is 0 Å². The third kappa shape index (κ3) is 4.26. The second kappa shape index (κ2) is 6.55. The molecule has 0 bridgehead atoms. The van der Waals surface area contributed by atoms with Gasteiger partial charge in [-0.05, 0) is 31.4 Å². The molecule has 1 aromatic carbocycles. The van der Waals surface area contributed by atoms with Gasteiger partial charge in [-0.1, -0.05) is 18.2 Å². The second-order valence-corrected chi connectivity index (χ2v) is 7.14. The van der Waals surface area contributed by atoms with E-state index in [4.69, 9.17) is 11.1 Å². The van der Waals surface area contributed by atoms with E-state index in [2.05, 4.69) is 9.62 Å². The summed E-state index contributed by atoms with van der Waals surface area (Å²) in [5.74, 6) is 0.147. The number of nitrogens with zero attached hydrogens (tertiary/aromatic N) is 1. The largest absolute Gasteiger partial charge is 0.387 e. The number of aryl methyl sites for hydroxylation is 1. The van der Waals surface area contributed by atoms with Crippen LogP contribution in [-0.4, -0.2) is 44.8 Å². The number of nitrogens with two attached hydrogens (primary N) is 1. The Hall–Kier alpha value is -1.44. The first-order valence-corrected chi connectivity index (χ1v) is 8.50. The maximum Gasteiger partial charge on any atom is 0.241 e. The summed E-state index contributed by atoms with van der Waals surface area (Å²) < 4.78 is 27.6. The average Bonchev–Trinajstić information content (AvgIpc) is 2.40. The van der Waals surface area contributed by atoms with Crippen molar-refractivity contribution in [3.05, 3.63) is 29.8 Å². The minimum atomic E-state index is -3.47. The minimum Gasteiger partial charge on any atom is -0.387 e. The van der Waals surface area contributed by atoms with Crippen LogP contribution in [0.25, 0.3) is 0 Å². The van der Waals surface area contributed by atoms with Gasteiger partial charge in [-0.3, -0.25) is 10.3 Å². The number of hydrogen-bond acceptors (Lipinski definition) is 4. The zero-order valence-corrected chi connectivity index (χ0v) is 13.0. The lowest BCUT2D eigenvalue weighted by atomic mass is 10.1. The molecule has 0 unspecified atom stereocenters. The number of nitrogens with one attached hydrogen (secondary N) is 2. The summed E-state index contributed by atoms with van der Waals surface area (Å²) in [4.78, 5) is 2.41. The molecule has 6 nitrogen and oxygen atoms in total. The van der Waals surface area contributed by atoms with Crippen LogP contribution in [-0.2, 0) is 10.0 Å². The summed E-state index contributed by atoms with van der Waals surface area (Å²) in [7, 11) is -3.47. The van der Waals surface area contributed by atoms with Crippen molar-refractivity contribution in [3.63, 3.8) is 0 Å². The Bertz CT molecular complexity index is 607. The van der Waals surface area contributed by atoms with Crippen molar-refractivity contribution < 1.29 is 8.42 Å². The Balaban J connectivity index is 1.97. The van der Waals surface area contributed by atoms with E-state index in [9.17, 15) is 8.42 Å². The number of piperidine rings is 1. The molecule has 1 saturated heterocycles. The summed E-state index contributed by atoms with van der Waals surface area (Å²) in [6.45, 7) is 3.75. The van der Waals surface area contributed by atoms with E-state index in [1.54, 1.807) is 25.1 Å². The van der Waals surface area contributed by atoms with Gasteiger partial charge < -0.3 is 5.73 Å². The quantitative estimate of drug-likeness (QED) is 0.550. The first kappa shape index (κ1) is 15.9. The van der Waals surface area contributed by atoms with Crippen molar-refractivity contribution in [3.8, 4) is 0 Å². The first-order valence-electron chi connectivity index (χ1n) is 7.02. The van der Waals surface area contributed by atoms with Gasteiger partial charge in [0.2, 0.25) is 10.0 Å². The highest BCUT2D eigenvalue weighted by atomic mass is 32.2. The van der Waals surface area contributed by atoms with E-state index < -0.39 is 10.0 Å². The molecule has 1 fully saturated rings. The molecule has 21 heavy (non-hydrogen) atoms. The predicted molar refractivity (Wildman–Crippen MR) is 82.9 cm³/mol. The van der Waals surface area contributed by atoms with Gasteiger partial charge in [0, 0.05) is 19.1 Å². The van der Waals surface area contributed by atoms with Crippen LogP contribution in [0.1, 0.15) is 18.4 Å². The molecule has 0 amide bonds. The number of rotatable bonds is 5. The van der Waals surface area contributed by atoms with E-state index in [-0.39, 0.29) is 11.9 Å². The zero-order valence-electron chi connectivity index (χ0n) is 12.2. The van der Waals surface area contributed by atoms with Gasteiger partial charge in [0.25, 0.3) is 0 Å². The summed E-state index contributed by atoms with van der Waals surface area (Å²) >= 11 is 0. The summed E-state index contributed by atoms with van der Waals surface area (Å²) in [6.07, 6.45) is 1.47. The third-order valence-electron chi connectivity index (χ3n) is 3.69. The van der Waals surface area contributed by atoms with Crippen LogP contribution in [0.15, 0.2) is 29.2 Å². The standard InChI is InChI=1S/C14H22N4O2S/c1-11-4-2-3-5-13(11)21(19,20)17-12-6-8-18(9-7-12)10-14(15)16/h2-5,12,17H,6-10H2,1H3,(H3,15,16). The van der Waals surface area contributed by atoms with E-state index in [1.807, 2.05) is 6.07 Å². The van der Waals surface area contributed by atoms with E-state index in [1.165, 1.54) is 0 Å². The van der Waals surface area contributed by atoms with Crippen molar-refractivity contribution >= 4 is 15.9 Å². The normalized spacial score (nSPS) is 17.8.